The van der Waals surface area contributed by atoms with E-state index in [-0.39, 0.29) is 12.2 Å². The van der Waals surface area contributed by atoms with Crippen LogP contribution in [0, 0.1) is 5.41 Å². The van der Waals surface area contributed by atoms with Crippen LogP contribution in [-0.4, -0.2) is 48.5 Å². The number of ether oxygens (including phenoxy) is 4. The van der Waals surface area contributed by atoms with Crippen molar-refractivity contribution in [3.63, 3.8) is 0 Å². The van der Waals surface area contributed by atoms with Gasteiger partial charge in [-0.2, -0.15) is 0 Å². The molecule has 0 saturated carbocycles. The van der Waals surface area contributed by atoms with Crippen LogP contribution >= 0.6 is 0 Å². The minimum Gasteiger partial charge on any atom is -0.493 e. The number of benzene rings is 1. The molecule has 1 heterocycles. The molecule has 22 heavy (non-hydrogen) atoms. The third-order valence-electron chi connectivity index (χ3n) is 3.36. The van der Waals surface area contributed by atoms with E-state index >= 15 is 0 Å². The smallest absolute Gasteiger partial charge is 0.493 e. The molecule has 0 N–H and O–H groups in total. The Balaban J connectivity index is 2.33. The zero-order valence-corrected chi connectivity index (χ0v) is 13.8. The van der Waals surface area contributed by atoms with Gasteiger partial charge in [0.05, 0.1) is 14.2 Å². The Morgan fingerprint density at radius 1 is 1.05 bits per heavy atom. The summed E-state index contributed by atoms with van der Waals surface area (Å²) < 4.78 is 33.1. The highest BCUT2D eigenvalue weighted by Crippen LogP contribution is 2.36. The van der Waals surface area contributed by atoms with Crippen molar-refractivity contribution in [2.45, 2.75) is 13.8 Å². The molecule has 1 aromatic rings. The second-order valence-electron chi connectivity index (χ2n) is 5.89. The highest BCUT2D eigenvalue weighted by Gasteiger charge is 2.36. The molecule has 0 unspecified atom stereocenters. The molecular formula is C15H23BO6. The number of rotatable bonds is 6. The van der Waals surface area contributed by atoms with E-state index in [2.05, 4.69) is 13.8 Å². The van der Waals surface area contributed by atoms with E-state index < -0.39 is 7.12 Å². The van der Waals surface area contributed by atoms with Crippen LogP contribution in [0.5, 0.6) is 17.2 Å². The number of hydrogen-bond acceptors (Lipinski definition) is 6. The highest BCUT2D eigenvalue weighted by atomic mass is 16.7. The summed E-state index contributed by atoms with van der Waals surface area (Å²) in [7, 11) is 4.20. The van der Waals surface area contributed by atoms with Gasteiger partial charge in [0, 0.05) is 31.2 Å². The van der Waals surface area contributed by atoms with E-state index in [1.807, 2.05) is 6.07 Å². The normalized spacial score (nSPS) is 17.2. The Kier molecular flexibility index (Phi) is 5.55. The summed E-state index contributed by atoms with van der Waals surface area (Å²) in [6.07, 6.45) is 0. The van der Waals surface area contributed by atoms with Gasteiger partial charge in [-0.1, -0.05) is 19.9 Å². The summed E-state index contributed by atoms with van der Waals surface area (Å²) >= 11 is 0. The van der Waals surface area contributed by atoms with Crippen LogP contribution in [0.15, 0.2) is 12.1 Å². The van der Waals surface area contributed by atoms with Crippen LogP contribution in [-0.2, 0) is 14.0 Å². The highest BCUT2D eigenvalue weighted by molar-refractivity contribution is 6.62. The van der Waals surface area contributed by atoms with Crippen LogP contribution in [0.3, 0.4) is 0 Å². The predicted octanol–water partition coefficient (Wildman–Crippen LogP) is 1.45. The number of methoxy groups -OCH3 is 3. The van der Waals surface area contributed by atoms with E-state index in [1.54, 1.807) is 27.4 Å². The summed E-state index contributed by atoms with van der Waals surface area (Å²) in [6, 6.07) is 3.66. The van der Waals surface area contributed by atoms with Gasteiger partial charge in [-0.15, -0.1) is 0 Å². The van der Waals surface area contributed by atoms with Crippen LogP contribution in [0.4, 0.5) is 0 Å². The Labute approximate surface area is 131 Å². The molecule has 0 bridgehead atoms. The van der Waals surface area contributed by atoms with Crippen molar-refractivity contribution in [1.82, 2.24) is 0 Å². The SMILES string of the molecule is COCOc1c(B2OCC(C)(C)CO2)ccc(OC)c1OC. The Hall–Kier alpha value is -1.44. The van der Waals surface area contributed by atoms with Crippen molar-refractivity contribution < 1.29 is 28.3 Å². The lowest BCUT2D eigenvalue weighted by atomic mass is 9.75. The van der Waals surface area contributed by atoms with Crippen molar-refractivity contribution in [3.8, 4) is 17.2 Å². The summed E-state index contributed by atoms with van der Waals surface area (Å²) in [5.41, 5.74) is 0.755. The average molecular weight is 310 g/mol. The van der Waals surface area contributed by atoms with Crippen molar-refractivity contribution >= 4 is 12.6 Å². The lowest BCUT2D eigenvalue weighted by Gasteiger charge is -2.33. The van der Waals surface area contributed by atoms with Crippen LogP contribution in [0.25, 0.3) is 0 Å². The van der Waals surface area contributed by atoms with Gasteiger partial charge in [-0.25, -0.2) is 0 Å². The summed E-state index contributed by atoms with van der Waals surface area (Å²) in [5, 5.41) is 0. The Bertz CT molecular complexity index is 495. The molecule has 6 nitrogen and oxygen atoms in total. The molecule has 0 spiro atoms. The van der Waals surface area contributed by atoms with Gasteiger partial charge in [0.15, 0.2) is 18.3 Å². The summed E-state index contributed by atoms with van der Waals surface area (Å²) in [5.74, 6) is 1.58. The van der Waals surface area contributed by atoms with Gasteiger partial charge >= 0.3 is 7.12 Å². The van der Waals surface area contributed by atoms with E-state index in [9.17, 15) is 0 Å². The topological polar surface area (TPSA) is 55.4 Å². The minimum absolute atomic E-state index is 0.000602. The van der Waals surface area contributed by atoms with Crippen molar-refractivity contribution in [2.24, 2.45) is 5.41 Å². The molecule has 2 rings (SSSR count). The van der Waals surface area contributed by atoms with Gasteiger partial charge in [0.2, 0.25) is 5.75 Å². The fourth-order valence-corrected chi connectivity index (χ4v) is 2.24. The van der Waals surface area contributed by atoms with Gasteiger partial charge in [-0.05, 0) is 6.07 Å². The first-order chi connectivity index (χ1) is 10.5. The zero-order valence-electron chi connectivity index (χ0n) is 13.8. The maximum Gasteiger partial charge on any atom is 0.497 e. The summed E-state index contributed by atoms with van der Waals surface area (Å²) in [4.78, 5) is 0. The lowest BCUT2D eigenvalue weighted by Crippen LogP contribution is -2.47. The molecule has 122 valence electrons. The van der Waals surface area contributed by atoms with Crippen molar-refractivity contribution in [1.29, 1.82) is 0 Å². The minimum atomic E-state index is -0.500. The fourth-order valence-electron chi connectivity index (χ4n) is 2.24. The first-order valence-corrected chi connectivity index (χ1v) is 7.12. The van der Waals surface area contributed by atoms with Gasteiger partial charge in [0.25, 0.3) is 0 Å². The number of hydrogen-bond donors (Lipinski definition) is 0. The molecule has 0 amide bonds. The molecule has 7 heteroatoms. The lowest BCUT2D eigenvalue weighted by molar-refractivity contribution is 0.0321. The second-order valence-corrected chi connectivity index (χ2v) is 5.89. The Morgan fingerprint density at radius 3 is 2.27 bits per heavy atom. The fraction of sp³-hybridized carbons (Fsp3) is 0.600. The molecule has 0 atom stereocenters. The van der Waals surface area contributed by atoms with Crippen molar-refractivity contribution in [2.75, 3.05) is 41.3 Å². The molecule has 1 saturated heterocycles. The molecule has 1 aliphatic heterocycles. The van der Waals surface area contributed by atoms with E-state index in [1.165, 1.54) is 0 Å². The van der Waals surface area contributed by atoms with Crippen LogP contribution in [0.2, 0.25) is 0 Å². The molecular weight excluding hydrogens is 287 g/mol. The monoisotopic (exact) mass is 310 g/mol. The molecule has 1 fully saturated rings. The third-order valence-corrected chi connectivity index (χ3v) is 3.36. The van der Waals surface area contributed by atoms with Gasteiger partial charge in [-0.3, -0.25) is 0 Å². The maximum atomic E-state index is 5.83. The summed E-state index contributed by atoms with van der Waals surface area (Å²) in [6.45, 7) is 5.50. The standard InChI is InChI=1S/C15H23BO6/c1-15(2)8-21-16(22-9-15)11-6-7-12(18-4)14(19-5)13(11)20-10-17-3/h6-7H,8-10H2,1-5H3. The maximum absolute atomic E-state index is 5.83. The quantitative estimate of drug-likeness (QED) is 0.586. The Morgan fingerprint density at radius 2 is 1.73 bits per heavy atom. The third kappa shape index (κ3) is 3.66. The zero-order chi connectivity index (χ0) is 16.2. The van der Waals surface area contributed by atoms with Gasteiger partial charge in [0.1, 0.15) is 0 Å². The van der Waals surface area contributed by atoms with Crippen LogP contribution in [0.1, 0.15) is 13.8 Å². The van der Waals surface area contributed by atoms with Gasteiger partial charge < -0.3 is 28.3 Å². The second kappa shape index (κ2) is 7.22. The van der Waals surface area contributed by atoms with Crippen molar-refractivity contribution in [3.05, 3.63) is 12.1 Å². The molecule has 0 aromatic heterocycles. The first-order valence-electron chi connectivity index (χ1n) is 7.12. The first kappa shape index (κ1) is 16.9. The van der Waals surface area contributed by atoms with E-state index in [4.69, 9.17) is 28.3 Å². The van der Waals surface area contributed by atoms with E-state index in [0.717, 1.165) is 5.46 Å². The average Bonchev–Trinajstić information content (AvgIpc) is 2.52. The molecule has 1 aliphatic rings. The largest absolute Gasteiger partial charge is 0.497 e. The predicted molar refractivity (Wildman–Crippen MR) is 83.1 cm³/mol. The van der Waals surface area contributed by atoms with E-state index in [0.29, 0.717) is 30.5 Å². The molecule has 0 radical (unpaired) electrons. The van der Waals surface area contributed by atoms with Crippen LogP contribution < -0.4 is 19.7 Å². The molecule has 1 aromatic carbocycles. The molecule has 0 aliphatic carbocycles.